The first-order valence-electron chi connectivity index (χ1n) is 9.97. The van der Waals surface area contributed by atoms with Crippen LogP contribution in [-0.4, -0.2) is 42.3 Å². The van der Waals surface area contributed by atoms with Crippen molar-refractivity contribution in [1.29, 1.82) is 0 Å². The van der Waals surface area contributed by atoms with Crippen molar-refractivity contribution in [3.63, 3.8) is 0 Å². The van der Waals surface area contributed by atoms with E-state index in [1.807, 2.05) is 30.3 Å². The van der Waals surface area contributed by atoms with Gasteiger partial charge in [0.1, 0.15) is 24.1 Å². The molecule has 0 bridgehead atoms. The number of hydrogen-bond donors (Lipinski definition) is 1. The Bertz CT molecular complexity index is 995. The topological polar surface area (TPSA) is 68.2 Å². The van der Waals surface area contributed by atoms with Gasteiger partial charge in [-0.15, -0.1) is 13.2 Å². The standard InChI is InChI=1S/C24H22F3NO5/c25-24(26,27)33-23-12-8-20(9-13-23)19-6-10-22(11-7-19)32-16-21(28(30)17-29)15-31-14-18-4-2-1-3-5-18/h1-13,17,21,30H,14-16H2/t21-/m0/s1. The van der Waals surface area contributed by atoms with Crippen LogP contribution in [0.4, 0.5) is 13.2 Å². The Kier molecular flexibility index (Phi) is 8.28. The highest BCUT2D eigenvalue weighted by atomic mass is 19.4. The fraction of sp³-hybridized carbons (Fsp3) is 0.208. The summed E-state index contributed by atoms with van der Waals surface area (Å²) in [5, 5.41) is 10.3. The molecule has 3 rings (SSSR count). The highest BCUT2D eigenvalue weighted by Crippen LogP contribution is 2.27. The van der Waals surface area contributed by atoms with E-state index in [0.717, 1.165) is 11.1 Å². The molecule has 1 N–H and O–H groups in total. The van der Waals surface area contributed by atoms with Crippen molar-refractivity contribution in [2.75, 3.05) is 13.2 Å². The molecule has 9 heteroatoms. The van der Waals surface area contributed by atoms with Crippen molar-refractivity contribution in [1.82, 2.24) is 5.06 Å². The van der Waals surface area contributed by atoms with E-state index in [-0.39, 0.29) is 25.4 Å². The van der Waals surface area contributed by atoms with Gasteiger partial charge in [-0.1, -0.05) is 54.6 Å². The first kappa shape index (κ1) is 24.1. The maximum atomic E-state index is 12.3. The van der Waals surface area contributed by atoms with Gasteiger partial charge in [-0.2, -0.15) is 0 Å². The second kappa shape index (κ2) is 11.3. The van der Waals surface area contributed by atoms with Crippen LogP contribution in [0.25, 0.3) is 11.1 Å². The van der Waals surface area contributed by atoms with Gasteiger partial charge in [0.05, 0.1) is 13.2 Å². The summed E-state index contributed by atoms with van der Waals surface area (Å²) in [5.41, 5.74) is 2.42. The van der Waals surface area contributed by atoms with E-state index in [2.05, 4.69) is 4.74 Å². The van der Waals surface area contributed by atoms with Gasteiger partial charge in [0.25, 0.3) is 0 Å². The maximum Gasteiger partial charge on any atom is 0.573 e. The summed E-state index contributed by atoms with van der Waals surface area (Å²) in [6.07, 6.45) is -4.45. The highest BCUT2D eigenvalue weighted by Gasteiger charge is 2.30. The third-order valence-corrected chi connectivity index (χ3v) is 4.62. The van der Waals surface area contributed by atoms with Gasteiger partial charge < -0.3 is 14.2 Å². The summed E-state index contributed by atoms with van der Waals surface area (Å²) < 4.78 is 52.0. The molecule has 1 amide bonds. The van der Waals surface area contributed by atoms with Crippen molar-refractivity contribution < 1.29 is 37.4 Å². The molecule has 0 aromatic heterocycles. The Morgan fingerprint density at radius 1 is 0.848 bits per heavy atom. The van der Waals surface area contributed by atoms with Crippen LogP contribution in [0.5, 0.6) is 11.5 Å². The fourth-order valence-electron chi connectivity index (χ4n) is 2.96. The molecule has 0 heterocycles. The summed E-state index contributed by atoms with van der Waals surface area (Å²) in [7, 11) is 0. The van der Waals surface area contributed by atoms with E-state index in [1.165, 1.54) is 24.3 Å². The van der Waals surface area contributed by atoms with E-state index < -0.39 is 12.4 Å². The molecule has 6 nitrogen and oxygen atoms in total. The van der Waals surface area contributed by atoms with E-state index in [0.29, 0.717) is 23.0 Å². The van der Waals surface area contributed by atoms with Crippen LogP contribution in [-0.2, 0) is 16.1 Å². The molecule has 1 atom stereocenters. The van der Waals surface area contributed by atoms with Gasteiger partial charge in [0.15, 0.2) is 0 Å². The Balaban J connectivity index is 1.54. The molecular formula is C24H22F3NO5. The molecule has 0 aliphatic carbocycles. The second-order valence-corrected chi connectivity index (χ2v) is 7.05. The van der Waals surface area contributed by atoms with Crippen LogP contribution in [0.3, 0.4) is 0 Å². The largest absolute Gasteiger partial charge is 0.573 e. The number of hydrogen-bond acceptors (Lipinski definition) is 5. The number of alkyl halides is 3. The van der Waals surface area contributed by atoms with Crippen LogP contribution in [0.1, 0.15) is 5.56 Å². The summed E-state index contributed by atoms with van der Waals surface area (Å²) in [5.74, 6) is 0.193. The van der Waals surface area contributed by atoms with Crippen molar-refractivity contribution >= 4 is 6.41 Å². The van der Waals surface area contributed by atoms with Gasteiger partial charge in [0.2, 0.25) is 6.41 Å². The molecule has 33 heavy (non-hydrogen) atoms. The first-order chi connectivity index (χ1) is 15.8. The maximum absolute atomic E-state index is 12.3. The summed E-state index contributed by atoms with van der Waals surface area (Å²) in [6.45, 7) is 0.382. The number of nitrogens with zero attached hydrogens (tertiary/aromatic N) is 1. The molecule has 3 aromatic carbocycles. The Hall–Kier alpha value is -3.56. The number of rotatable bonds is 11. The number of hydroxylamine groups is 2. The Morgan fingerprint density at radius 2 is 1.42 bits per heavy atom. The minimum Gasteiger partial charge on any atom is -0.491 e. The molecule has 0 aliphatic heterocycles. The van der Waals surface area contributed by atoms with E-state index in [9.17, 15) is 23.2 Å². The molecular weight excluding hydrogens is 439 g/mol. The molecule has 0 saturated heterocycles. The first-order valence-corrected chi connectivity index (χ1v) is 9.97. The lowest BCUT2D eigenvalue weighted by Gasteiger charge is -2.22. The van der Waals surface area contributed by atoms with Crippen LogP contribution in [0.15, 0.2) is 78.9 Å². The van der Waals surface area contributed by atoms with Gasteiger partial charge in [-0.25, -0.2) is 5.06 Å². The molecule has 0 spiro atoms. The quantitative estimate of drug-likeness (QED) is 0.246. The molecule has 0 fully saturated rings. The molecule has 3 aromatic rings. The third-order valence-electron chi connectivity index (χ3n) is 4.62. The summed E-state index contributed by atoms with van der Waals surface area (Å²) in [4.78, 5) is 11.0. The Labute approximate surface area is 188 Å². The normalized spacial score (nSPS) is 12.1. The van der Waals surface area contributed by atoms with Crippen LogP contribution in [0.2, 0.25) is 0 Å². The summed E-state index contributed by atoms with van der Waals surface area (Å²) >= 11 is 0. The van der Waals surface area contributed by atoms with Crippen LogP contribution < -0.4 is 9.47 Å². The van der Waals surface area contributed by atoms with Crippen LogP contribution in [0, 0.1) is 0 Å². The number of ether oxygens (including phenoxy) is 3. The van der Waals surface area contributed by atoms with Gasteiger partial charge in [-0.05, 0) is 41.0 Å². The predicted molar refractivity (Wildman–Crippen MR) is 114 cm³/mol. The monoisotopic (exact) mass is 461 g/mol. The molecule has 0 aliphatic rings. The molecule has 0 unspecified atom stereocenters. The fourth-order valence-corrected chi connectivity index (χ4v) is 2.96. The lowest BCUT2D eigenvalue weighted by molar-refractivity contribution is -0.274. The predicted octanol–water partition coefficient (Wildman–Crippen LogP) is 5.06. The average Bonchev–Trinajstić information content (AvgIpc) is 2.81. The zero-order chi connectivity index (χ0) is 23.7. The number of halogens is 3. The molecule has 174 valence electrons. The van der Waals surface area contributed by atoms with Crippen molar-refractivity contribution in [2.45, 2.75) is 19.0 Å². The minimum absolute atomic E-state index is 0.00709. The number of carbonyl (C=O) groups is 1. The van der Waals surface area contributed by atoms with Crippen molar-refractivity contribution in [3.8, 4) is 22.6 Å². The smallest absolute Gasteiger partial charge is 0.491 e. The van der Waals surface area contributed by atoms with Gasteiger partial charge in [0, 0.05) is 0 Å². The van der Waals surface area contributed by atoms with Crippen molar-refractivity contribution in [3.05, 3.63) is 84.4 Å². The molecule has 0 radical (unpaired) electrons. The number of benzene rings is 3. The third kappa shape index (κ3) is 7.81. The average molecular weight is 461 g/mol. The highest BCUT2D eigenvalue weighted by molar-refractivity contribution is 5.64. The number of carbonyl (C=O) groups excluding carboxylic acids is 1. The lowest BCUT2D eigenvalue weighted by atomic mass is 10.1. The van der Waals surface area contributed by atoms with E-state index in [4.69, 9.17) is 9.47 Å². The summed E-state index contributed by atoms with van der Waals surface area (Å²) in [6, 6.07) is 21.1. The lowest BCUT2D eigenvalue weighted by Crippen LogP contribution is -2.39. The zero-order valence-corrected chi connectivity index (χ0v) is 17.4. The molecule has 0 saturated carbocycles. The van der Waals surface area contributed by atoms with Gasteiger partial charge >= 0.3 is 6.36 Å². The van der Waals surface area contributed by atoms with E-state index in [1.54, 1.807) is 24.3 Å². The Morgan fingerprint density at radius 3 is 1.97 bits per heavy atom. The van der Waals surface area contributed by atoms with E-state index >= 15 is 0 Å². The SMILES string of the molecule is O=CN(O)[C@@H](COCc1ccccc1)COc1ccc(-c2ccc(OC(F)(F)F)cc2)cc1. The second-order valence-electron chi connectivity index (χ2n) is 7.05. The van der Waals surface area contributed by atoms with Crippen molar-refractivity contribution in [2.24, 2.45) is 0 Å². The van der Waals surface area contributed by atoms with Crippen LogP contribution >= 0.6 is 0 Å². The minimum atomic E-state index is -4.74. The zero-order valence-electron chi connectivity index (χ0n) is 17.4. The number of amides is 1. The van der Waals surface area contributed by atoms with Gasteiger partial charge in [-0.3, -0.25) is 10.0 Å².